The Balaban J connectivity index is 0.000000208. The molecule has 0 aliphatic heterocycles. The smallest absolute Gasteiger partial charge is 0.271 e. The summed E-state index contributed by atoms with van der Waals surface area (Å²) >= 11 is 12.4. The molecule has 0 atom stereocenters. The second-order valence-electron chi connectivity index (χ2n) is 11.0. The van der Waals surface area contributed by atoms with E-state index in [9.17, 15) is 19.7 Å². The van der Waals surface area contributed by atoms with Gasteiger partial charge in [0.25, 0.3) is 17.5 Å². The third-order valence-electron chi connectivity index (χ3n) is 7.25. The lowest BCUT2D eigenvalue weighted by molar-refractivity contribution is -0.384. The molecule has 4 aromatic carbocycles. The molecule has 0 aliphatic carbocycles. The summed E-state index contributed by atoms with van der Waals surface area (Å²) in [7, 11) is 3.11. The number of carbonyl (C=O) groups excluding carboxylic acids is 2. The van der Waals surface area contributed by atoms with E-state index in [0.717, 1.165) is 5.69 Å². The van der Waals surface area contributed by atoms with Gasteiger partial charge in [-0.25, -0.2) is 9.97 Å². The number of nitrogens with zero attached hydrogens (tertiary/aromatic N) is 5. The molecule has 2 aromatic heterocycles. The van der Waals surface area contributed by atoms with Gasteiger partial charge in [-0.2, -0.15) is 9.97 Å². The van der Waals surface area contributed by atoms with E-state index in [2.05, 4.69) is 51.8 Å². The molecular formula is C36H32Cl2N12O4. The zero-order chi connectivity index (χ0) is 38.6. The van der Waals surface area contributed by atoms with Crippen LogP contribution in [-0.4, -0.2) is 50.8 Å². The van der Waals surface area contributed by atoms with Crippen LogP contribution < -0.4 is 37.6 Å². The summed E-state index contributed by atoms with van der Waals surface area (Å²) < 4.78 is 0. The first-order valence-corrected chi connectivity index (χ1v) is 16.7. The number of benzene rings is 4. The number of nitrogens with two attached hydrogens (primary N) is 1. The van der Waals surface area contributed by atoms with E-state index in [4.69, 9.17) is 28.9 Å². The van der Waals surface area contributed by atoms with Gasteiger partial charge in [-0.05, 0) is 48.5 Å². The lowest BCUT2D eigenvalue weighted by Gasteiger charge is -2.13. The van der Waals surface area contributed by atoms with E-state index >= 15 is 0 Å². The Morgan fingerprint density at radius 1 is 0.648 bits per heavy atom. The number of aromatic nitrogens is 4. The lowest BCUT2D eigenvalue weighted by atomic mass is 10.1. The van der Waals surface area contributed by atoms with E-state index < -0.39 is 4.92 Å². The molecule has 0 bridgehead atoms. The maximum Gasteiger partial charge on any atom is 0.271 e. The number of carbonyl (C=O) groups is 2. The molecule has 2 amide bonds. The zero-order valence-electron chi connectivity index (χ0n) is 28.6. The Bertz CT molecular complexity index is 2310. The van der Waals surface area contributed by atoms with Gasteiger partial charge in [-0.3, -0.25) is 19.7 Å². The number of anilines is 9. The first kappa shape index (κ1) is 38.2. The summed E-state index contributed by atoms with van der Waals surface area (Å²) in [4.78, 5) is 51.4. The van der Waals surface area contributed by atoms with Crippen molar-refractivity contribution in [3.63, 3.8) is 0 Å². The molecule has 0 aliphatic rings. The van der Waals surface area contributed by atoms with Crippen molar-refractivity contribution in [1.29, 1.82) is 0 Å². The zero-order valence-corrected chi connectivity index (χ0v) is 30.1. The van der Waals surface area contributed by atoms with Crippen LogP contribution in [0.3, 0.4) is 0 Å². The molecule has 6 rings (SSSR count). The van der Waals surface area contributed by atoms with Gasteiger partial charge in [0.05, 0.1) is 39.8 Å². The number of hydrogen-bond donors (Lipinski definition) is 7. The predicted molar refractivity (Wildman–Crippen MR) is 211 cm³/mol. The summed E-state index contributed by atoms with van der Waals surface area (Å²) in [5, 5.41) is 28.7. The molecule has 18 heteroatoms. The highest BCUT2D eigenvalue weighted by Gasteiger charge is 2.15. The number of nitro groups is 1. The Hall–Kier alpha value is -7.04. The SMILES string of the molecule is CNC(=O)c1ccccc1Nc1nc(Nc2cccc(N)c2)ncc1Cl.CNC(=O)c1ccccc1Nc1nc(Nc2cccc([N+](=O)[O-])c2)ncc1Cl. The highest BCUT2D eigenvalue weighted by Crippen LogP contribution is 2.29. The molecule has 54 heavy (non-hydrogen) atoms. The fourth-order valence-corrected chi connectivity index (χ4v) is 4.98. The van der Waals surface area contributed by atoms with Gasteiger partial charge in [-0.15, -0.1) is 0 Å². The van der Waals surface area contributed by atoms with Crippen molar-refractivity contribution in [2.75, 3.05) is 41.1 Å². The average molecular weight is 768 g/mol. The molecule has 274 valence electrons. The summed E-state index contributed by atoms with van der Waals surface area (Å²) in [6, 6.07) is 27.2. The second-order valence-corrected chi connectivity index (χ2v) is 11.8. The van der Waals surface area contributed by atoms with Crippen molar-refractivity contribution >= 4 is 92.7 Å². The Morgan fingerprint density at radius 2 is 1.11 bits per heavy atom. The second kappa shape index (κ2) is 17.9. The summed E-state index contributed by atoms with van der Waals surface area (Å²) in [6.07, 6.45) is 2.87. The standard InChI is InChI=1S/C18H15ClN6O3.C18H17ClN6O/c1-20-17(26)13-7-2-3-8-15(13)23-16-14(19)10-21-18(24-16)22-11-5-4-6-12(9-11)25(27)28;1-21-17(26)13-7-2-3-8-15(13)24-16-14(19)10-22-18(25-16)23-12-6-4-5-11(20)9-12/h2-10H,1H3,(H,20,26)(H2,21,22,23,24);2-10H,20H2,1H3,(H,21,26)(H2,22,23,24,25). The van der Waals surface area contributed by atoms with Gasteiger partial charge in [0.15, 0.2) is 11.6 Å². The number of nitrogen functional groups attached to an aromatic ring is 1. The maximum absolute atomic E-state index is 12.0. The topological polar surface area (TPSA) is 227 Å². The van der Waals surface area contributed by atoms with Gasteiger partial charge in [-0.1, -0.05) is 59.6 Å². The molecule has 0 saturated carbocycles. The van der Waals surface area contributed by atoms with Gasteiger partial charge in [0.1, 0.15) is 10.0 Å². The molecule has 8 N–H and O–H groups in total. The highest BCUT2D eigenvalue weighted by atomic mass is 35.5. The minimum atomic E-state index is -0.489. The molecule has 0 saturated heterocycles. The number of rotatable bonds is 11. The molecule has 0 unspecified atom stereocenters. The van der Waals surface area contributed by atoms with Crippen LogP contribution in [0.4, 0.5) is 57.7 Å². The molecule has 0 spiro atoms. The molecule has 2 heterocycles. The average Bonchev–Trinajstić information content (AvgIpc) is 3.17. The first-order valence-electron chi connectivity index (χ1n) is 15.9. The van der Waals surface area contributed by atoms with Crippen LogP contribution >= 0.6 is 23.2 Å². The fraction of sp³-hybridized carbons (Fsp3) is 0.0556. The van der Waals surface area contributed by atoms with Crippen molar-refractivity contribution in [2.45, 2.75) is 0 Å². The van der Waals surface area contributed by atoms with Gasteiger partial charge in [0, 0.05) is 43.3 Å². The summed E-state index contributed by atoms with van der Waals surface area (Å²) in [6.45, 7) is 0. The van der Waals surface area contributed by atoms with Crippen LogP contribution in [-0.2, 0) is 0 Å². The Morgan fingerprint density at radius 3 is 1.57 bits per heavy atom. The minimum Gasteiger partial charge on any atom is -0.399 e. The number of amides is 2. The molecule has 6 aromatic rings. The lowest BCUT2D eigenvalue weighted by Crippen LogP contribution is -2.19. The van der Waals surface area contributed by atoms with Crippen LogP contribution in [0, 0.1) is 10.1 Å². The van der Waals surface area contributed by atoms with E-state index in [0.29, 0.717) is 50.7 Å². The molecular weight excluding hydrogens is 735 g/mol. The van der Waals surface area contributed by atoms with Gasteiger partial charge < -0.3 is 37.6 Å². The summed E-state index contributed by atoms with van der Waals surface area (Å²) in [5.74, 6) is 0.717. The number of para-hydroxylation sites is 2. The van der Waals surface area contributed by atoms with E-state index in [1.54, 1.807) is 73.8 Å². The van der Waals surface area contributed by atoms with Crippen molar-refractivity contribution < 1.29 is 14.5 Å². The van der Waals surface area contributed by atoms with Crippen molar-refractivity contribution in [1.82, 2.24) is 30.6 Å². The molecule has 0 radical (unpaired) electrons. The molecule has 16 nitrogen and oxygen atoms in total. The quantitative estimate of drug-likeness (QED) is 0.0387. The molecule has 0 fully saturated rings. The monoisotopic (exact) mass is 766 g/mol. The third-order valence-corrected chi connectivity index (χ3v) is 7.80. The third kappa shape index (κ3) is 10.1. The Labute approximate surface area is 318 Å². The maximum atomic E-state index is 12.0. The van der Waals surface area contributed by atoms with Gasteiger partial charge >= 0.3 is 0 Å². The Kier molecular flexibility index (Phi) is 12.7. The van der Waals surface area contributed by atoms with Crippen LogP contribution in [0.1, 0.15) is 20.7 Å². The van der Waals surface area contributed by atoms with Crippen molar-refractivity contribution in [3.8, 4) is 0 Å². The minimum absolute atomic E-state index is 0.0585. The number of nitro benzene ring substituents is 1. The number of halogens is 2. The predicted octanol–water partition coefficient (Wildman–Crippen LogP) is 7.44. The number of hydrogen-bond acceptors (Lipinski definition) is 13. The van der Waals surface area contributed by atoms with Crippen LogP contribution in [0.25, 0.3) is 0 Å². The van der Waals surface area contributed by atoms with Gasteiger partial charge in [0.2, 0.25) is 11.9 Å². The van der Waals surface area contributed by atoms with E-state index in [-0.39, 0.29) is 34.3 Å². The fourth-order valence-electron chi connectivity index (χ4n) is 4.71. The van der Waals surface area contributed by atoms with Crippen LogP contribution in [0.5, 0.6) is 0 Å². The van der Waals surface area contributed by atoms with E-state index in [1.807, 2.05) is 18.2 Å². The number of non-ortho nitro benzene ring substituents is 1. The number of nitrogens with one attached hydrogen (secondary N) is 6. The van der Waals surface area contributed by atoms with Crippen molar-refractivity contribution in [3.05, 3.63) is 141 Å². The first-order chi connectivity index (χ1) is 26.0. The normalized spacial score (nSPS) is 10.2. The van der Waals surface area contributed by atoms with E-state index in [1.165, 1.54) is 31.6 Å². The van der Waals surface area contributed by atoms with Crippen LogP contribution in [0.15, 0.2) is 109 Å². The largest absolute Gasteiger partial charge is 0.399 e. The summed E-state index contributed by atoms with van der Waals surface area (Å²) in [5.41, 5.74) is 9.56. The van der Waals surface area contributed by atoms with Crippen LogP contribution in [0.2, 0.25) is 10.0 Å². The van der Waals surface area contributed by atoms with Crippen molar-refractivity contribution in [2.24, 2.45) is 0 Å². The highest BCUT2D eigenvalue weighted by molar-refractivity contribution is 6.33.